The van der Waals surface area contributed by atoms with Crippen LogP contribution in [0, 0.1) is 48.9 Å². The van der Waals surface area contributed by atoms with Gasteiger partial charge >= 0.3 is 35.6 Å². The molecule has 1 aliphatic rings. The number of unbranched alkanes of at least 4 members (excludes halogenated alkanes) is 1. The third kappa shape index (κ3) is 23.0. The van der Waals surface area contributed by atoms with E-state index in [2.05, 4.69) is 52.2 Å². The molecule has 0 spiro atoms. The minimum Gasteiger partial charge on any atom is -0.673 e. The standard InChI is InChI=1S/C10H22N2.C10H20O.CH3.La/c1-8(11-9(2,3)4)12-10(5,6)7;1-11-9-5-4-8-10-6-2-3-7-10;;/h8H,1-7H3;10H,2-9H2,1H3;1H3;/q-2;;-1;+3. The molecule has 0 bridgehead atoms. The van der Waals surface area contributed by atoms with E-state index >= 15 is 0 Å². The molecular formula is C21H45LaN2O. The summed E-state index contributed by atoms with van der Waals surface area (Å²) in [7, 11) is 1.79. The Balaban J connectivity index is -0.000000359. The predicted octanol–water partition coefficient (Wildman–Crippen LogP) is 7.12. The van der Waals surface area contributed by atoms with Crippen molar-refractivity contribution >= 4 is 0 Å². The van der Waals surface area contributed by atoms with Gasteiger partial charge in [-0.25, -0.2) is 6.17 Å². The molecule has 0 atom stereocenters. The summed E-state index contributed by atoms with van der Waals surface area (Å²) in [5.74, 6) is 1.06. The number of nitrogens with zero attached hydrogens (tertiary/aromatic N) is 2. The average molecular weight is 481 g/mol. The molecule has 1 rings (SSSR count). The topological polar surface area (TPSA) is 37.4 Å². The molecule has 0 amide bonds. The van der Waals surface area contributed by atoms with E-state index in [9.17, 15) is 0 Å². The average Bonchev–Trinajstić information content (AvgIpc) is 2.83. The SMILES string of the molecule is CC([N-]C(C)(C)C)[N-]C(C)(C)C.COCCCCC1CCCC1.[CH3-].[La+3]. The van der Waals surface area contributed by atoms with E-state index in [1.165, 1.54) is 44.9 Å². The summed E-state index contributed by atoms with van der Waals surface area (Å²) >= 11 is 0. The number of hydrogen-bond acceptors (Lipinski definition) is 1. The van der Waals surface area contributed by atoms with Gasteiger partial charge in [0.1, 0.15) is 0 Å². The van der Waals surface area contributed by atoms with Gasteiger partial charge in [0, 0.05) is 13.7 Å². The first-order valence-corrected chi connectivity index (χ1v) is 9.46. The summed E-state index contributed by atoms with van der Waals surface area (Å²) in [4.78, 5) is 0. The van der Waals surface area contributed by atoms with Crippen molar-refractivity contribution in [2.45, 2.75) is 111 Å². The van der Waals surface area contributed by atoms with Crippen LogP contribution >= 0.6 is 0 Å². The molecule has 0 heterocycles. The summed E-state index contributed by atoms with van der Waals surface area (Å²) in [5, 5.41) is 9.06. The van der Waals surface area contributed by atoms with Crippen molar-refractivity contribution in [3.8, 4) is 0 Å². The zero-order valence-corrected chi connectivity index (χ0v) is 22.3. The molecule has 148 valence electrons. The van der Waals surface area contributed by atoms with Gasteiger partial charge in [-0.05, 0) is 12.3 Å². The number of ether oxygens (including phenoxy) is 1. The first-order chi connectivity index (χ1) is 10.5. The van der Waals surface area contributed by atoms with E-state index in [4.69, 9.17) is 4.74 Å². The van der Waals surface area contributed by atoms with Gasteiger partial charge in [-0.2, -0.15) is 0 Å². The van der Waals surface area contributed by atoms with Gasteiger partial charge in [-0.1, -0.05) is 80.1 Å². The third-order valence-electron chi connectivity index (χ3n) is 3.83. The maximum atomic E-state index is 5.01. The number of hydrogen-bond donors (Lipinski definition) is 0. The Morgan fingerprint density at radius 2 is 1.36 bits per heavy atom. The van der Waals surface area contributed by atoms with Gasteiger partial charge in [0.05, 0.1) is 0 Å². The van der Waals surface area contributed by atoms with Crippen LogP contribution in [0.25, 0.3) is 10.6 Å². The Labute approximate surface area is 187 Å². The van der Waals surface area contributed by atoms with Gasteiger partial charge < -0.3 is 22.8 Å². The molecule has 1 aliphatic carbocycles. The van der Waals surface area contributed by atoms with Gasteiger partial charge in [0.2, 0.25) is 0 Å². The van der Waals surface area contributed by atoms with E-state index in [0.717, 1.165) is 12.5 Å². The summed E-state index contributed by atoms with van der Waals surface area (Å²) in [6, 6.07) is 0. The summed E-state index contributed by atoms with van der Waals surface area (Å²) in [5.41, 5.74) is 0.0440. The normalized spacial score (nSPS) is 15.2. The maximum absolute atomic E-state index is 5.01. The predicted molar refractivity (Wildman–Crippen MR) is 110 cm³/mol. The van der Waals surface area contributed by atoms with Crippen LogP contribution in [-0.4, -0.2) is 31.0 Å². The Morgan fingerprint density at radius 1 is 0.920 bits per heavy atom. The second kappa shape index (κ2) is 16.1. The van der Waals surface area contributed by atoms with Crippen LogP contribution in [0.2, 0.25) is 0 Å². The van der Waals surface area contributed by atoms with E-state index in [0.29, 0.717) is 0 Å². The number of methoxy groups -OCH3 is 1. The molecule has 0 radical (unpaired) electrons. The molecule has 0 N–H and O–H groups in total. The molecule has 3 nitrogen and oxygen atoms in total. The van der Waals surface area contributed by atoms with E-state index in [1.54, 1.807) is 7.11 Å². The first-order valence-electron chi connectivity index (χ1n) is 9.46. The Bertz CT molecular complexity index is 263. The monoisotopic (exact) mass is 480 g/mol. The largest absolute Gasteiger partial charge is 3.00 e. The molecule has 0 saturated heterocycles. The van der Waals surface area contributed by atoms with Gasteiger partial charge in [-0.3, -0.25) is 0 Å². The van der Waals surface area contributed by atoms with Gasteiger partial charge in [0.15, 0.2) is 0 Å². The van der Waals surface area contributed by atoms with Gasteiger partial charge in [-0.15, -0.1) is 18.0 Å². The zero-order valence-electron chi connectivity index (χ0n) is 18.7. The molecule has 0 aromatic rings. The molecule has 1 fully saturated rings. The first kappa shape index (κ1) is 30.8. The van der Waals surface area contributed by atoms with Crippen LogP contribution < -0.4 is 0 Å². The molecule has 4 heteroatoms. The van der Waals surface area contributed by atoms with Crippen LogP contribution in [0.15, 0.2) is 0 Å². The molecule has 0 aromatic heterocycles. The van der Waals surface area contributed by atoms with Crippen LogP contribution in [0.5, 0.6) is 0 Å². The van der Waals surface area contributed by atoms with Gasteiger partial charge in [0.25, 0.3) is 0 Å². The third-order valence-corrected chi connectivity index (χ3v) is 3.83. The van der Waals surface area contributed by atoms with E-state index < -0.39 is 0 Å². The molecule has 0 aromatic carbocycles. The Hall–Kier alpha value is 1.07. The van der Waals surface area contributed by atoms with Crippen LogP contribution in [0.3, 0.4) is 0 Å². The van der Waals surface area contributed by atoms with Crippen molar-refractivity contribution < 1.29 is 40.3 Å². The molecule has 25 heavy (non-hydrogen) atoms. The fraction of sp³-hybridized carbons (Fsp3) is 0.952. The molecule has 0 aliphatic heterocycles. The van der Waals surface area contributed by atoms with Crippen molar-refractivity contribution in [3.63, 3.8) is 0 Å². The van der Waals surface area contributed by atoms with Crippen LogP contribution in [0.4, 0.5) is 0 Å². The minimum atomic E-state index is 0. The quantitative estimate of drug-likeness (QED) is 0.282. The van der Waals surface area contributed by atoms with Crippen molar-refractivity contribution in [1.29, 1.82) is 0 Å². The minimum absolute atomic E-state index is 0. The fourth-order valence-electron chi connectivity index (χ4n) is 3.13. The number of rotatable bonds is 7. The smallest absolute Gasteiger partial charge is 0.673 e. The van der Waals surface area contributed by atoms with E-state index in [-0.39, 0.29) is 60.3 Å². The summed E-state index contributed by atoms with van der Waals surface area (Å²) in [6.45, 7) is 15.6. The zero-order chi connectivity index (χ0) is 17.9. The molecule has 1 saturated carbocycles. The van der Waals surface area contributed by atoms with E-state index in [1.807, 2.05) is 6.92 Å². The van der Waals surface area contributed by atoms with Crippen LogP contribution in [0.1, 0.15) is 93.4 Å². The second-order valence-corrected chi connectivity index (χ2v) is 8.87. The summed E-state index contributed by atoms with van der Waals surface area (Å²) in [6.07, 6.45) is 10.1. The fourth-order valence-corrected chi connectivity index (χ4v) is 3.13. The maximum Gasteiger partial charge on any atom is 3.00 e. The Kier molecular flexibility index (Phi) is 19.8. The molecular weight excluding hydrogens is 435 g/mol. The van der Waals surface area contributed by atoms with Crippen molar-refractivity contribution in [3.05, 3.63) is 18.1 Å². The second-order valence-electron chi connectivity index (χ2n) is 8.87. The van der Waals surface area contributed by atoms with Crippen molar-refractivity contribution in [2.75, 3.05) is 13.7 Å². The summed E-state index contributed by atoms with van der Waals surface area (Å²) < 4.78 is 5.01. The Morgan fingerprint density at radius 3 is 1.72 bits per heavy atom. The van der Waals surface area contributed by atoms with Crippen LogP contribution in [-0.2, 0) is 4.74 Å². The van der Waals surface area contributed by atoms with Crippen molar-refractivity contribution in [2.24, 2.45) is 5.92 Å². The van der Waals surface area contributed by atoms with Crippen molar-refractivity contribution in [1.82, 2.24) is 0 Å². The molecule has 0 unspecified atom stereocenters.